The average molecular weight is 328 g/mol. The molecule has 0 aromatic heterocycles. The van der Waals surface area contributed by atoms with E-state index < -0.39 is 6.10 Å². The first-order valence-electron chi connectivity index (χ1n) is 7.90. The van der Waals surface area contributed by atoms with Crippen LogP contribution in [0.5, 0.6) is 5.75 Å². The largest absolute Gasteiger partial charge is 0.497 e. The summed E-state index contributed by atoms with van der Waals surface area (Å²) in [6.45, 7) is 1.93. The van der Waals surface area contributed by atoms with E-state index in [-0.39, 0.29) is 18.6 Å². The van der Waals surface area contributed by atoms with Crippen molar-refractivity contribution >= 4 is 6.03 Å². The van der Waals surface area contributed by atoms with Crippen LogP contribution in [0.1, 0.15) is 24.1 Å². The summed E-state index contributed by atoms with van der Waals surface area (Å²) in [6.07, 6.45) is -0.572. The SMILES string of the molecule is COc1ccc(C(NC(=O)N(C)CC(C)O)c2ccccc2)cc1. The maximum atomic E-state index is 12.4. The van der Waals surface area contributed by atoms with Crippen molar-refractivity contribution in [3.63, 3.8) is 0 Å². The van der Waals surface area contributed by atoms with Gasteiger partial charge in [-0.1, -0.05) is 42.5 Å². The van der Waals surface area contributed by atoms with Gasteiger partial charge in [-0.15, -0.1) is 0 Å². The minimum Gasteiger partial charge on any atom is -0.497 e. The molecular weight excluding hydrogens is 304 g/mol. The van der Waals surface area contributed by atoms with Crippen LogP contribution in [-0.2, 0) is 0 Å². The van der Waals surface area contributed by atoms with Crippen molar-refractivity contribution < 1.29 is 14.6 Å². The van der Waals surface area contributed by atoms with Crippen LogP contribution in [0.4, 0.5) is 4.79 Å². The van der Waals surface area contributed by atoms with Crippen molar-refractivity contribution in [2.45, 2.75) is 19.1 Å². The number of hydrogen-bond donors (Lipinski definition) is 2. The molecule has 0 saturated carbocycles. The van der Waals surface area contributed by atoms with Gasteiger partial charge in [-0.2, -0.15) is 0 Å². The van der Waals surface area contributed by atoms with Gasteiger partial charge in [0.25, 0.3) is 0 Å². The van der Waals surface area contributed by atoms with E-state index in [0.29, 0.717) is 0 Å². The Balaban J connectivity index is 2.25. The van der Waals surface area contributed by atoms with Crippen molar-refractivity contribution in [3.05, 3.63) is 65.7 Å². The highest BCUT2D eigenvalue weighted by Gasteiger charge is 2.19. The minimum atomic E-state index is -0.572. The van der Waals surface area contributed by atoms with Gasteiger partial charge in [0, 0.05) is 13.6 Å². The number of aliphatic hydroxyl groups is 1. The van der Waals surface area contributed by atoms with E-state index in [1.807, 2.05) is 54.6 Å². The molecule has 5 heteroatoms. The van der Waals surface area contributed by atoms with Gasteiger partial charge in [0.1, 0.15) is 5.75 Å². The molecule has 0 aliphatic carbocycles. The molecule has 2 amide bonds. The molecule has 2 aromatic carbocycles. The molecule has 0 aliphatic rings. The molecule has 2 N–H and O–H groups in total. The van der Waals surface area contributed by atoms with E-state index in [0.717, 1.165) is 16.9 Å². The Bertz CT molecular complexity index is 641. The summed E-state index contributed by atoms with van der Waals surface area (Å²) in [4.78, 5) is 13.9. The van der Waals surface area contributed by atoms with Crippen LogP contribution in [0.25, 0.3) is 0 Å². The zero-order chi connectivity index (χ0) is 17.5. The monoisotopic (exact) mass is 328 g/mol. The summed E-state index contributed by atoms with van der Waals surface area (Å²) in [7, 11) is 3.29. The zero-order valence-corrected chi connectivity index (χ0v) is 14.3. The van der Waals surface area contributed by atoms with Crippen LogP contribution in [0.2, 0.25) is 0 Å². The standard InChI is InChI=1S/C19H24N2O3/c1-14(22)13-21(2)19(23)20-18(15-7-5-4-6-8-15)16-9-11-17(24-3)12-10-16/h4-12,14,18,22H,13H2,1-3H3,(H,20,23). The fourth-order valence-corrected chi connectivity index (χ4v) is 2.51. The van der Waals surface area contributed by atoms with Crippen LogP contribution in [0.15, 0.2) is 54.6 Å². The van der Waals surface area contributed by atoms with Gasteiger partial charge < -0.3 is 20.1 Å². The van der Waals surface area contributed by atoms with E-state index in [1.54, 1.807) is 21.1 Å². The fourth-order valence-electron chi connectivity index (χ4n) is 2.51. The Morgan fingerprint density at radius 3 is 2.25 bits per heavy atom. The van der Waals surface area contributed by atoms with Crippen LogP contribution in [0, 0.1) is 0 Å². The average Bonchev–Trinajstić information content (AvgIpc) is 2.59. The molecule has 2 rings (SSSR count). The number of rotatable bonds is 6. The summed E-state index contributed by atoms with van der Waals surface area (Å²) in [5, 5.41) is 12.5. The van der Waals surface area contributed by atoms with Gasteiger partial charge >= 0.3 is 6.03 Å². The number of urea groups is 1. The molecule has 0 bridgehead atoms. The van der Waals surface area contributed by atoms with Crippen molar-refractivity contribution in [2.24, 2.45) is 0 Å². The Kier molecular flexibility index (Phi) is 6.21. The first-order valence-corrected chi connectivity index (χ1v) is 7.90. The molecular formula is C19H24N2O3. The van der Waals surface area contributed by atoms with Gasteiger partial charge in [0.15, 0.2) is 0 Å². The van der Waals surface area contributed by atoms with E-state index in [4.69, 9.17) is 4.74 Å². The second-order valence-electron chi connectivity index (χ2n) is 5.80. The lowest BCUT2D eigenvalue weighted by Gasteiger charge is -2.25. The number of ether oxygens (including phenoxy) is 1. The number of carbonyl (C=O) groups is 1. The predicted molar refractivity (Wildman–Crippen MR) is 94.1 cm³/mol. The lowest BCUT2D eigenvalue weighted by molar-refractivity contribution is 0.143. The van der Waals surface area contributed by atoms with E-state index in [9.17, 15) is 9.90 Å². The number of hydrogen-bond acceptors (Lipinski definition) is 3. The topological polar surface area (TPSA) is 61.8 Å². The number of methoxy groups -OCH3 is 1. The molecule has 2 atom stereocenters. The smallest absolute Gasteiger partial charge is 0.317 e. The molecule has 0 fully saturated rings. The lowest BCUT2D eigenvalue weighted by Crippen LogP contribution is -2.42. The number of nitrogens with zero attached hydrogens (tertiary/aromatic N) is 1. The van der Waals surface area contributed by atoms with Gasteiger partial charge in [-0.3, -0.25) is 0 Å². The van der Waals surface area contributed by atoms with Crippen LogP contribution in [-0.4, -0.2) is 42.8 Å². The number of nitrogens with one attached hydrogen (secondary N) is 1. The normalized spacial score (nSPS) is 13.0. The summed E-state index contributed by atoms with van der Waals surface area (Å²) in [5.41, 5.74) is 1.95. The van der Waals surface area contributed by atoms with Crippen molar-refractivity contribution in [2.75, 3.05) is 20.7 Å². The Morgan fingerprint density at radius 2 is 1.71 bits per heavy atom. The third kappa shape index (κ3) is 4.73. The first-order chi connectivity index (χ1) is 11.5. The molecule has 0 spiro atoms. The van der Waals surface area contributed by atoms with E-state index in [2.05, 4.69) is 5.32 Å². The lowest BCUT2D eigenvalue weighted by atomic mass is 9.99. The van der Waals surface area contributed by atoms with Crippen LogP contribution in [0.3, 0.4) is 0 Å². The number of likely N-dealkylation sites (N-methyl/N-ethyl adjacent to an activating group) is 1. The Hall–Kier alpha value is -2.53. The van der Waals surface area contributed by atoms with Gasteiger partial charge in [-0.05, 0) is 30.2 Å². The third-order valence-electron chi connectivity index (χ3n) is 3.73. The number of amides is 2. The highest BCUT2D eigenvalue weighted by molar-refractivity contribution is 5.75. The fraction of sp³-hybridized carbons (Fsp3) is 0.316. The first kappa shape index (κ1) is 17.8. The molecule has 5 nitrogen and oxygen atoms in total. The third-order valence-corrected chi connectivity index (χ3v) is 3.73. The molecule has 2 unspecified atom stereocenters. The summed E-state index contributed by atoms with van der Waals surface area (Å²) in [6, 6.07) is 16.9. The maximum absolute atomic E-state index is 12.4. The maximum Gasteiger partial charge on any atom is 0.317 e. The number of aliphatic hydroxyl groups excluding tert-OH is 1. The van der Waals surface area contributed by atoms with E-state index >= 15 is 0 Å². The van der Waals surface area contributed by atoms with Crippen LogP contribution < -0.4 is 10.1 Å². The van der Waals surface area contributed by atoms with Gasteiger partial charge in [0.05, 0.1) is 19.3 Å². The molecule has 128 valence electrons. The highest BCUT2D eigenvalue weighted by atomic mass is 16.5. The van der Waals surface area contributed by atoms with Crippen molar-refractivity contribution in [3.8, 4) is 5.75 Å². The molecule has 0 saturated heterocycles. The second-order valence-corrected chi connectivity index (χ2v) is 5.80. The molecule has 0 aliphatic heterocycles. The number of carbonyl (C=O) groups excluding carboxylic acids is 1. The Labute approximate surface area is 142 Å². The summed E-state index contributed by atoms with van der Waals surface area (Å²) >= 11 is 0. The molecule has 24 heavy (non-hydrogen) atoms. The summed E-state index contributed by atoms with van der Waals surface area (Å²) < 4.78 is 5.19. The molecule has 2 aromatic rings. The molecule has 0 heterocycles. The Morgan fingerprint density at radius 1 is 1.12 bits per heavy atom. The van der Waals surface area contributed by atoms with Gasteiger partial charge in [-0.25, -0.2) is 4.79 Å². The zero-order valence-electron chi connectivity index (χ0n) is 14.3. The molecule has 0 radical (unpaired) electrons. The minimum absolute atomic E-state index is 0.236. The van der Waals surface area contributed by atoms with Gasteiger partial charge in [0.2, 0.25) is 0 Å². The number of benzene rings is 2. The van der Waals surface area contributed by atoms with E-state index in [1.165, 1.54) is 4.90 Å². The van der Waals surface area contributed by atoms with Crippen LogP contribution >= 0.6 is 0 Å². The summed E-state index contributed by atoms with van der Waals surface area (Å²) in [5.74, 6) is 0.767. The second kappa shape index (κ2) is 8.36. The van der Waals surface area contributed by atoms with Crippen molar-refractivity contribution in [1.82, 2.24) is 10.2 Å². The quantitative estimate of drug-likeness (QED) is 0.857. The highest BCUT2D eigenvalue weighted by Crippen LogP contribution is 2.24. The van der Waals surface area contributed by atoms with Crippen molar-refractivity contribution in [1.29, 1.82) is 0 Å². The predicted octanol–water partition coefficient (Wildman–Crippen LogP) is 2.81.